The molecule has 1 amide bonds. The van der Waals surface area contributed by atoms with Crippen LogP contribution in [0.25, 0.3) is 0 Å². The van der Waals surface area contributed by atoms with Gasteiger partial charge in [-0.25, -0.2) is 4.98 Å². The third kappa shape index (κ3) is 2.07. The summed E-state index contributed by atoms with van der Waals surface area (Å²) in [5, 5.41) is 0. The van der Waals surface area contributed by atoms with Gasteiger partial charge >= 0.3 is 0 Å². The second-order valence-corrected chi connectivity index (χ2v) is 5.74. The van der Waals surface area contributed by atoms with Crippen molar-refractivity contribution in [2.75, 3.05) is 29.4 Å². The van der Waals surface area contributed by atoms with E-state index in [-0.39, 0.29) is 11.8 Å². The number of para-hydroxylation sites is 1. The fourth-order valence-electron chi connectivity index (χ4n) is 3.43. The third-order valence-electron chi connectivity index (χ3n) is 4.48. The Labute approximate surface area is 124 Å². The largest absolute Gasteiger partial charge is 0.355 e. The van der Waals surface area contributed by atoms with Gasteiger partial charge in [-0.1, -0.05) is 24.3 Å². The van der Waals surface area contributed by atoms with Crippen molar-refractivity contribution in [3.63, 3.8) is 0 Å². The molecule has 3 heterocycles. The van der Waals surface area contributed by atoms with Crippen LogP contribution in [0.15, 0.2) is 54.7 Å². The maximum atomic E-state index is 12.6. The van der Waals surface area contributed by atoms with Gasteiger partial charge in [0.05, 0.1) is 5.92 Å². The molecule has 2 aliphatic heterocycles. The van der Waals surface area contributed by atoms with Gasteiger partial charge in [-0.05, 0) is 24.3 Å². The molecule has 0 spiro atoms. The second kappa shape index (κ2) is 4.88. The predicted molar refractivity (Wildman–Crippen MR) is 82.2 cm³/mol. The number of rotatable bonds is 2. The summed E-state index contributed by atoms with van der Waals surface area (Å²) >= 11 is 0. The van der Waals surface area contributed by atoms with Crippen molar-refractivity contribution in [2.45, 2.75) is 0 Å². The van der Waals surface area contributed by atoms with Crippen LogP contribution in [-0.4, -0.2) is 30.5 Å². The summed E-state index contributed by atoms with van der Waals surface area (Å²) in [5.41, 5.74) is 1.02. The van der Waals surface area contributed by atoms with Crippen molar-refractivity contribution in [1.82, 2.24) is 4.98 Å². The maximum Gasteiger partial charge on any atom is 0.232 e. The van der Waals surface area contributed by atoms with E-state index in [1.165, 1.54) is 0 Å². The fraction of sp³-hybridized carbons (Fsp3) is 0.294. The molecule has 0 N–H and O–H groups in total. The summed E-state index contributed by atoms with van der Waals surface area (Å²) in [6.07, 6.45) is 1.81. The van der Waals surface area contributed by atoms with Crippen molar-refractivity contribution >= 4 is 17.4 Å². The number of benzene rings is 1. The molecule has 2 fully saturated rings. The highest BCUT2D eigenvalue weighted by Gasteiger charge is 2.46. The first kappa shape index (κ1) is 12.4. The highest BCUT2D eigenvalue weighted by Crippen LogP contribution is 2.36. The average Bonchev–Trinajstić information content (AvgIpc) is 3.09. The first-order valence-corrected chi connectivity index (χ1v) is 7.35. The van der Waals surface area contributed by atoms with Gasteiger partial charge in [-0.15, -0.1) is 0 Å². The number of nitrogens with zero attached hydrogens (tertiary/aromatic N) is 3. The Hall–Kier alpha value is -2.36. The summed E-state index contributed by atoms with van der Waals surface area (Å²) in [6.45, 7) is 2.51. The topological polar surface area (TPSA) is 36.4 Å². The molecule has 2 aliphatic rings. The zero-order chi connectivity index (χ0) is 14.2. The highest BCUT2D eigenvalue weighted by molar-refractivity contribution is 5.98. The van der Waals surface area contributed by atoms with Crippen molar-refractivity contribution in [3.05, 3.63) is 54.7 Å². The van der Waals surface area contributed by atoms with Crippen molar-refractivity contribution in [1.29, 1.82) is 0 Å². The van der Waals surface area contributed by atoms with Gasteiger partial charge in [0, 0.05) is 37.4 Å². The molecule has 1 aromatic carbocycles. The molecule has 4 heteroatoms. The van der Waals surface area contributed by atoms with Gasteiger partial charge in [0.15, 0.2) is 0 Å². The Bertz CT molecular complexity index is 644. The Kier molecular flexibility index (Phi) is 2.88. The normalized spacial score (nSPS) is 24.5. The van der Waals surface area contributed by atoms with Crippen LogP contribution in [-0.2, 0) is 4.79 Å². The lowest BCUT2D eigenvalue weighted by Crippen LogP contribution is -2.32. The van der Waals surface area contributed by atoms with E-state index in [9.17, 15) is 4.79 Å². The summed E-state index contributed by atoms with van der Waals surface area (Å²) in [7, 11) is 0. The number of anilines is 2. The quantitative estimate of drug-likeness (QED) is 0.845. The van der Waals surface area contributed by atoms with Crippen LogP contribution in [0.3, 0.4) is 0 Å². The molecule has 2 saturated heterocycles. The molecule has 0 aliphatic carbocycles. The second-order valence-electron chi connectivity index (χ2n) is 5.74. The average molecular weight is 279 g/mol. The number of hydrogen-bond donors (Lipinski definition) is 0. The molecule has 21 heavy (non-hydrogen) atoms. The molecule has 2 aromatic rings. The zero-order valence-electron chi connectivity index (χ0n) is 11.7. The van der Waals surface area contributed by atoms with Gasteiger partial charge in [0.1, 0.15) is 5.82 Å². The number of carbonyl (C=O) groups excluding carboxylic acids is 1. The van der Waals surface area contributed by atoms with Crippen LogP contribution in [0.5, 0.6) is 0 Å². The molecule has 106 valence electrons. The maximum absolute atomic E-state index is 12.6. The lowest BCUT2D eigenvalue weighted by atomic mass is 10.0. The van der Waals surface area contributed by atoms with E-state index in [1.54, 1.807) is 0 Å². The highest BCUT2D eigenvalue weighted by atomic mass is 16.2. The molecule has 1 aromatic heterocycles. The van der Waals surface area contributed by atoms with Crippen LogP contribution >= 0.6 is 0 Å². The molecule has 4 nitrogen and oxygen atoms in total. The van der Waals surface area contributed by atoms with Crippen LogP contribution in [0.2, 0.25) is 0 Å². The number of carbonyl (C=O) groups is 1. The van der Waals surface area contributed by atoms with E-state index < -0.39 is 0 Å². The van der Waals surface area contributed by atoms with Crippen LogP contribution in [0.1, 0.15) is 0 Å². The molecular formula is C17H17N3O. The molecule has 0 unspecified atom stereocenters. The van der Waals surface area contributed by atoms with Crippen molar-refractivity contribution in [3.8, 4) is 0 Å². The summed E-state index contributed by atoms with van der Waals surface area (Å²) in [4.78, 5) is 21.2. The minimum Gasteiger partial charge on any atom is -0.355 e. The molecule has 4 rings (SSSR count). The van der Waals surface area contributed by atoms with Crippen molar-refractivity contribution in [2.24, 2.45) is 11.8 Å². The Morgan fingerprint density at radius 3 is 2.48 bits per heavy atom. The number of pyridine rings is 1. The molecule has 2 atom stereocenters. The zero-order valence-corrected chi connectivity index (χ0v) is 11.7. The van der Waals surface area contributed by atoms with Crippen LogP contribution in [0, 0.1) is 11.8 Å². The van der Waals surface area contributed by atoms with E-state index >= 15 is 0 Å². The number of fused-ring (bicyclic) bond motifs is 1. The standard InChI is InChI=1S/C17H17N3O/c21-17-15-12-19(16-8-4-5-9-18-16)10-13(15)11-20(17)14-6-2-1-3-7-14/h1-9,13,15H,10-12H2/t13-,15-/m1/s1. The van der Waals surface area contributed by atoms with Gasteiger partial charge in [-0.3, -0.25) is 4.79 Å². The van der Waals surface area contributed by atoms with Crippen LogP contribution in [0.4, 0.5) is 11.5 Å². The minimum atomic E-state index is 0.104. The van der Waals surface area contributed by atoms with Gasteiger partial charge in [0.2, 0.25) is 5.91 Å². The summed E-state index contributed by atoms with van der Waals surface area (Å²) < 4.78 is 0. The number of aromatic nitrogens is 1. The summed E-state index contributed by atoms with van der Waals surface area (Å²) in [6, 6.07) is 15.9. The van der Waals surface area contributed by atoms with E-state index in [0.717, 1.165) is 31.1 Å². The van der Waals surface area contributed by atoms with E-state index in [0.29, 0.717) is 5.92 Å². The van der Waals surface area contributed by atoms with Gasteiger partial charge < -0.3 is 9.80 Å². The molecule has 0 saturated carbocycles. The van der Waals surface area contributed by atoms with Gasteiger partial charge in [-0.2, -0.15) is 0 Å². The van der Waals surface area contributed by atoms with Gasteiger partial charge in [0.25, 0.3) is 0 Å². The first-order chi connectivity index (χ1) is 10.3. The van der Waals surface area contributed by atoms with Crippen LogP contribution < -0.4 is 9.80 Å². The SMILES string of the molecule is O=C1[C@@H]2CN(c3ccccn3)C[C@@H]2CN1c1ccccc1. The number of hydrogen-bond acceptors (Lipinski definition) is 3. The molecule has 0 bridgehead atoms. The number of amides is 1. The van der Waals surface area contributed by atoms with E-state index in [1.807, 2.05) is 59.6 Å². The lowest BCUT2D eigenvalue weighted by Gasteiger charge is -2.22. The Morgan fingerprint density at radius 2 is 1.76 bits per heavy atom. The Balaban J connectivity index is 1.53. The lowest BCUT2D eigenvalue weighted by molar-refractivity contribution is -0.120. The smallest absolute Gasteiger partial charge is 0.232 e. The third-order valence-corrected chi connectivity index (χ3v) is 4.48. The summed E-state index contributed by atoms with van der Waals surface area (Å²) in [5.74, 6) is 1.74. The monoisotopic (exact) mass is 279 g/mol. The predicted octanol–water partition coefficient (Wildman–Crippen LogP) is 2.18. The van der Waals surface area contributed by atoms with Crippen molar-refractivity contribution < 1.29 is 4.79 Å². The first-order valence-electron chi connectivity index (χ1n) is 7.35. The van der Waals surface area contributed by atoms with E-state index in [2.05, 4.69) is 9.88 Å². The Morgan fingerprint density at radius 1 is 0.952 bits per heavy atom. The molecule has 0 radical (unpaired) electrons. The minimum absolute atomic E-state index is 0.104. The molecular weight excluding hydrogens is 262 g/mol. The van der Waals surface area contributed by atoms with E-state index in [4.69, 9.17) is 0 Å². The fourth-order valence-corrected chi connectivity index (χ4v) is 3.43.